The second-order valence-electron chi connectivity index (χ2n) is 28.5. The Morgan fingerprint density at radius 3 is 0.623 bits per heavy atom. The number of fused-ring (bicyclic) bond motifs is 15. The number of hydrogen-bond donors (Lipinski definition) is 5. The Hall–Kier alpha value is -11.0. The molecule has 0 aliphatic rings. The number of benzene rings is 10. The predicted molar refractivity (Wildman–Crippen MR) is 488 cm³/mol. The lowest BCUT2D eigenvalue weighted by molar-refractivity contribution is 0.100. The van der Waals surface area contributed by atoms with Gasteiger partial charge < -0.3 is 39.6 Å². The van der Waals surface area contributed by atoms with Crippen LogP contribution < -0.4 is 16.0 Å². The third kappa shape index (κ3) is 21.5. The van der Waals surface area contributed by atoms with Gasteiger partial charge in [-0.25, -0.2) is 0 Å². The number of H-pyrrole nitrogens is 2. The Balaban J connectivity index is 0.000000299. The SMILES string of the molecule is C.C.C.C.C.CC(=O)c1ccc2[nH]c3ccc(C(C)=O)cc3c2c1.CC(=O)c1ccc2c(c1)c1cc(C(C)=O)ccc1n2CCNC(C)C.CC(=O)c1ccc2c(c1)c1cc(C(C)=O)ccc1n2CCNC(C)C.CC(=O)c1ccc2c(c1)c1cc(C(C)=O)ccc1n2CCNC(C)C.Cl.Cl.c1ccc2c(c1)[nH]c1ccccc12. The number of ketones is 8. The molecule has 5 heterocycles. The lowest BCUT2D eigenvalue weighted by Crippen LogP contribution is -2.26. The van der Waals surface area contributed by atoms with Crippen LogP contribution in [-0.4, -0.2) is 108 Å². The normalized spacial score (nSPS) is 10.7. The minimum Gasteiger partial charge on any atom is -0.355 e. The zero-order valence-electron chi connectivity index (χ0n) is 64.4. The first-order chi connectivity index (χ1) is 51.1. The third-order valence-electron chi connectivity index (χ3n) is 19.5. The number of nitrogens with zero attached hydrogens (tertiary/aromatic N) is 3. The van der Waals surface area contributed by atoms with Crippen LogP contribution in [0.4, 0.5) is 0 Å². The van der Waals surface area contributed by atoms with E-state index in [4.69, 9.17) is 0 Å². The van der Waals surface area contributed by atoms with E-state index < -0.39 is 0 Å². The lowest BCUT2D eigenvalue weighted by Gasteiger charge is -2.11. The first-order valence-electron chi connectivity index (χ1n) is 36.6. The minimum absolute atomic E-state index is 0. The van der Waals surface area contributed by atoms with Crippen molar-refractivity contribution < 1.29 is 38.4 Å². The second-order valence-corrected chi connectivity index (χ2v) is 28.5. The molecule has 0 fully saturated rings. The molecule has 18 heteroatoms. The Morgan fingerprint density at radius 1 is 0.254 bits per heavy atom. The summed E-state index contributed by atoms with van der Waals surface area (Å²) < 4.78 is 6.77. The number of halogens is 2. The summed E-state index contributed by atoms with van der Waals surface area (Å²) in [6, 6.07) is 64.2. The fourth-order valence-corrected chi connectivity index (χ4v) is 13.9. The summed E-state index contributed by atoms with van der Waals surface area (Å²) in [5, 5.41) is 21.0. The summed E-state index contributed by atoms with van der Waals surface area (Å²) in [7, 11) is 0. The van der Waals surface area contributed by atoms with Crippen LogP contribution in [0.2, 0.25) is 0 Å². The highest BCUT2D eigenvalue weighted by Gasteiger charge is 2.19. The molecular formula is C96H116Cl2N8O8. The van der Waals surface area contributed by atoms with Crippen LogP contribution in [0.5, 0.6) is 0 Å². The van der Waals surface area contributed by atoms with E-state index in [-0.39, 0.29) is 108 Å². The molecule has 15 rings (SSSR count). The summed E-state index contributed by atoms with van der Waals surface area (Å²) in [6.45, 7) is 30.4. The van der Waals surface area contributed by atoms with Crippen molar-refractivity contribution in [1.82, 2.24) is 39.6 Å². The molecule has 0 saturated carbocycles. The molecule has 0 saturated heterocycles. The van der Waals surface area contributed by atoms with Crippen molar-refractivity contribution in [2.45, 2.75) is 172 Å². The van der Waals surface area contributed by atoms with Crippen molar-refractivity contribution in [1.29, 1.82) is 0 Å². The molecule has 10 aromatic carbocycles. The van der Waals surface area contributed by atoms with E-state index in [1.165, 1.54) is 21.8 Å². The van der Waals surface area contributed by atoms with Crippen LogP contribution in [0.15, 0.2) is 194 Å². The second kappa shape index (κ2) is 41.7. The van der Waals surface area contributed by atoms with E-state index in [1.807, 2.05) is 146 Å². The largest absolute Gasteiger partial charge is 0.355 e. The molecule has 16 nitrogen and oxygen atoms in total. The number of Topliss-reactive ketones (excluding diaryl/α,β-unsaturated/α-hetero) is 8. The summed E-state index contributed by atoms with van der Waals surface area (Å²) in [4.78, 5) is 100. The van der Waals surface area contributed by atoms with Crippen molar-refractivity contribution in [3.05, 3.63) is 239 Å². The number of carbonyl (C=O) groups is 8. The maximum absolute atomic E-state index is 11.8. The van der Waals surface area contributed by atoms with E-state index in [9.17, 15) is 38.4 Å². The van der Waals surface area contributed by atoms with Gasteiger partial charge in [0.25, 0.3) is 0 Å². The van der Waals surface area contributed by atoms with Crippen molar-refractivity contribution in [2.75, 3.05) is 19.6 Å². The van der Waals surface area contributed by atoms with Gasteiger partial charge in [-0.15, -0.1) is 24.8 Å². The number of aromatic nitrogens is 5. The highest BCUT2D eigenvalue weighted by atomic mass is 35.5. The van der Waals surface area contributed by atoms with Gasteiger partial charge in [-0.1, -0.05) is 115 Å². The third-order valence-corrected chi connectivity index (χ3v) is 19.5. The van der Waals surface area contributed by atoms with Crippen LogP contribution in [0.25, 0.3) is 109 Å². The van der Waals surface area contributed by atoms with Crippen LogP contribution in [0.1, 0.15) is 217 Å². The molecule has 0 aliphatic heterocycles. The van der Waals surface area contributed by atoms with Crippen LogP contribution in [-0.2, 0) is 19.6 Å². The van der Waals surface area contributed by atoms with Gasteiger partial charge in [0.15, 0.2) is 46.3 Å². The molecule has 0 amide bonds. The highest BCUT2D eigenvalue weighted by molar-refractivity contribution is 6.17. The molecule has 0 unspecified atom stereocenters. The standard InChI is InChI=1S/3C21H24N2O2.C16H13NO2.C12H9N.5CH4.2ClH/c3*1-13(2)22-9-10-23-20-7-5-16(14(3)24)11-18(20)19-12-17(15(4)25)6-8-21(19)23;1-9(18)11-3-5-15-13(7-11)14-8-12(10(2)19)4-6-16(14)17-15;1-3-7-11-9(5-1)10-6-2-4-8-12(10)13-11;;;;;;;/h3*5-8,11-13,22H,9-10H2,1-4H3;3-8,17H,1-2H3;1-8,13H;5*1H4;2*1H. The average molecular weight is 1580 g/mol. The van der Waals surface area contributed by atoms with Crippen molar-refractivity contribution in [3.8, 4) is 0 Å². The number of aromatic amines is 2. The van der Waals surface area contributed by atoms with Crippen molar-refractivity contribution in [2.24, 2.45) is 0 Å². The quantitative estimate of drug-likeness (QED) is 0.0452. The van der Waals surface area contributed by atoms with Gasteiger partial charge in [0.2, 0.25) is 0 Å². The van der Waals surface area contributed by atoms with Crippen molar-refractivity contribution >= 4 is 180 Å². The van der Waals surface area contributed by atoms with Gasteiger partial charge in [-0.2, -0.15) is 0 Å². The lowest BCUT2D eigenvalue weighted by atomic mass is 10.0. The number of hydrogen-bond acceptors (Lipinski definition) is 11. The Labute approximate surface area is 684 Å². The fourth-order valence-electron chi connectivity index (χ4n) is 13.9. The van der Waals surface area contributed by atoms with E-state index >= 15 is 0 Å². The Morgan fingerprint density at radius 2 is 0.430 bits per heavy atom. The molecular weight excluding hydrogens is 1460 g/mol. The van der Waals surface area contributed by atoms with Gasteiger partial charge in [0.05, 0.1) is 0 Å². The zero-order chi connectivity index (χ0) is 76.7. The monoisotopic (exact) mass is 1580 g/mol. The Kier molecular flexibility index (Phi) is 34.9. The number of nitrogens with one attached hydrogen (secondary N) is 5. The van der Waals surface area contributed by atoms with Gasteiger partial charge in [-0.05, 0) is 213 Å². The molecule has 0 radical (unpaired) electrons. The van der Waals surface area contributed by atoms with E-state index in [0.717, 1.165) is 126 Å². The topological polar surface area (TPSA) is 219 Å². The van der Waals surface area contributed by atoms with E-state index in [1.54, 1.807) is 55.4 Å². The van der Waals surface area contributed by atoms with E-state index in [2.05, 4.69) is 130 Å². The highest BCUT2D eigenvalue weighted by Crippen LogP contribution is 2.35. The molecule has 5 N–H and O–H groups in total. The molecule has 0 atom stereocenters. The number of rotatable bonds is 20. The first-order valence-corrected chi connectivity index (χ1v) is 36.6. The van der Waals surface area contributed by atoms with Gasteiger partial charge >= 0.3 is 0 Å². The maximum Gasteiger partial charge on any atom is 0.159 e. The summed E-state index contributed by atoms with van der Waals surface area (Å²) in [6.07, 6.45) is 0. The predicted octanol–water partition coefficient (Wildman–Crippen LogP) is 23.7. The van der Waals surface area contributed by atoms with Gasteiger partial charge in [0, 0.05) is 211 Å². The number of carbonyl (C=O) groups excluding carboxylic acids is 8. The fraction of sp³-hybridized carbons (Fsp3) is 0.292. The average Bonchev–Trinajstić information content (AvgIpc) is 1.62. The molecule has 5 aromatic heterocycles. The van der Waals surface area contributed by atoms with E-state index in [0.29, 0.717) is 62.6 Å². The molecule has 0 spiro atoms. The molecule has 114 heavy (non-hydrogen) atoms. The van der Waals surface area contributed by atoms with Crippen LogP contribution >= 0.6 is 24.8 Å². The van der Waals surface area contributed by atoms with Crippen LogP contribution in [0, 0.1) is 0 Å². The summed E-state index contributed by atoms with van der Waals surface area (Å²) >= 11 is 0. The molecule has 602 valence electrons. The molecule has 0 aliphatic carbocycles. The number of para-hydroxylation sites is 2. The maximum atomic E-state index is 11.8. The smallest absolute Gasteiger partial charge is 0.159 e. The van der Waals surface area contributed by atoms with Gasteiger partial charge in [-0.3, -0.25) is 38.4 Å². The molecule has 15 aromatic rings. The summed E-state index contributed by atoms with van der Waals surface area (Å²) in [5.41, 5.74) is 16.4. The zero-order valence-corrected chi connectivity index (χ0v) is 66.0. The van der Waals surface area contributed by atoms with Gasteiger partial charge in [0.1, 0.15) is 0 Å². The minimum atomic E-state index is 0. The Bertz CT molecular complexity index is 5270. The van der Waals surface area contributed by atoms with Crippen molar-refractivity contribution in [3.63, 3.8) is 0 Å². The summed E-state index contributed by atoms with van der Waals surface area (Å²) in [5.74, 6) is 0.370. The molecule has 0 bridgehead atoms. The van der Waals surface area contributed by atoms with Crippen LogP contribution in [0.3, 0.4) is 0 Å². The first kappa shape index (κ1) is 95.4.